The maximum Gasteiger partial charge on any atom is 0.267 e. The minimum Gasteiger partial charge on any atom is -0.382 e. The van der Waals surface area contributed by atoms with E-state index in [4.69, 9.17) is 15.1 Å². The Morgan fingerprint density at radius 3 is 2.71 bits per heavy atom. The average molecular weight is 460 g/mol. The average Bonchev–Trinajstić information content (AvgIpc) is 2.84. The lowest BCUT2D eigenvalue weighted by Gasteiger charge is -2.15. The molecule has 0 saturated heterocycles. The van der Waals surface area contributed by atoms with Gasteiger partial charge in [-0.25, -0.2) is 4.98 Å². The van der Waals surface area contributed by atoms with Gasteiger partial charge in [-0.1, -0.05) is 36.4 Å². The minimum absolute atomic E-state index is 0.0334. The molecule has 0 atom stereocenters. The van der Waals surface area contributed by atoms with E-state index in [9.17, 15) is 9.59 Å². The molecule has 0 aliphatic heterocycles. The molecule has 0 bridgehead atoms. The summed E-state index contributed by atoms with van der Waals surface area (Å²) < 4.78 is 8.59. The molecule has 4 aromatic rings. The smallest absolute Gasteiger partial charge is 0.267 e. The normalized spacial score (nSPS) is 11.2. The summed E-state index contributed by atoms with van der Waals surface area (Å²) in [4.78, 5) is 31.1. The second kappa shape index (κ2) is 10.4. The number of carbonyl (C=O) groups is 1. The van der Waals surface area contributed by atoms with E-state index in [0.29, 0.717) is 55.8 Å². The van der Waals surface area contributed by atoms with E-state index in [-0.39, 0.29) is 22.5 Å². The number of hydrogen-bond donors (Lipinski definition) is 2. The van der Waals surface area contributed by atoms with Gasteiger partial charge in [-0.05, 0) is 49.9 Å². The third-order valence-corrected chi connectivity index (χ3v) is 5.79. The van der Waals surface area contributed by atoms with Crippen LogP contribution in [-0.4, -0.2) is 39.6 Å². The predicted molar refractivity (Wildman–Crippen MR) is 131 cm³/mol. The molecular weight excluding hydrogens is 430 g/mol. The monoisotopic (exact) mass is 459 g/mol. The highest BCUT2D eigenvalue weighted by molar-refractivity contribution is 5.96. The van der Waals surface area contributed by atoms with Crippen LogP contribution in [0.3, 0.4) is 0 Å². The van der Waals surface area contributed by atoms with Crippen molar-refractivity contribution in [2.75, 3.05) is 19.8 Å². The van der Waals surface area contributed by atoms with Gasteiger partial charge < -0.3 is 14.6 Å². The lowest BCUT2D eigenvalue weighted by molar-refractivity contribution is 0.0951. The number of amides is 1. The van der Waals surface area contributed by atoms with Gasteiger partial charge in [0, 0.05) is 32.5 Å². The van der Waals surface area contributed by atoms with Gasteiger partial charge in [0.1, 0.15) is 16.8 Å². The van der Waals surface area contributed by atoms with Crippen molar-refractivity contribution in [3.05, 3.63) is 87.3 Å². The highest BCUT2D eigenvalue weighted by Gasteiger charge is 2.18. The summed E-state index contributed by atoms with van der Waals surface area (Å²) in [6.45, 7) is 5.78. The Bertz CT molecular complexity index is 1440. The fraction of sp³-hybridized carbons (Fsp3) is 0.308. The Kier molecular flexibility index (Phi) is 7.18. The largest absolute Gasteiger partial charge is 0.382 e. The zero-order chi connectivity index (χ0) is 24.1. The van der Waals surface area contributed by atoms with Gasteiger partial charge in [-0.15, -0.1) is 0 Å². The van der Waals surface area contributed by atoms with Gasteiger partial charge in [0.05, 0.1) is 10.9 Å². The van der Waals surface area contributed by atoms with Crippen LogP contribution in [0.4, 0.5) is 0 Å². The number of carbonyl (C=O) groups excluding carboxylic acids is 1. The van der Waals surface area contributed by atoms with E-state index in [1.165, 1.54) is 10.5 Å². The van der Waals surface area contributed by atoms with Gasteiger partial charge in [0.15, 0.2) is 0 Å². The van der Waals surface area contributed by atoms with Crippen molar-refractivity contribution in [1.82, 2.24) is 19.3 Å². The fourth-order valence-electron chi connectivity index (χ4n) is 4.02. The number of nitrogens with one attached hydrogen (secondary N) is 2. The van der Waals surface area contributed by atoms with E-state index in [1.54, 1.807) is 16.8 Å². The predicted octanol–water partition coefficient (Wildman–Crippen LogP) is 2.84. The first-order valence-electron chi connectivity index (χ1n) is 11.5. The van der Waals surface area contributed by atoms with E-state index in [1.807, 2.05) is 50.2 Å². The van der Waals surface area contributed by atoms with E-state index >= 15 is 0 Å². The van der Waals surface area contributed by atoms with Crippen LogP contribution in [0.5, 0.6) is 0 Å². The number of hydrogen-bond acceptors (Lipinski definition) is 5. The van der Waals surface area contributed by atoms with Crippen molar-refractivity contribution in [3.63, 3.8) is 0 Å². The summed E-state index contributed by atoms with van der Waals surface area (Å²) in [5.41, 5.74) is 2.84. The molecule has 1 aromatic carbocycles. The van der Waals surface area contributed by atoms with E-state index in [0.717, 1.165) is 11.1 Å². The van der Waals surface area contributed by atoms with Crippen LogP contribution < -0.4 is 16.4 Å². The third-order valence-electron chi connectivity index (χ3n) is 5.79. The molecule has 0 aliphatic rings. The second-order valence-electron chi connectivity index (χ2n) is 8.14. The maximum absolute atomic E-state index is 13.3. The SMILES string of the molecule is CCOCCCn1c(=N)c(C(=O)NCCc2ccccc2)cc2c(=O)n3cccc(C)c3nc21. The molecule has 8 nitrogen and oxygen atoms in total. The maximum atomic E-state index is 13.3. The highest BCUT2D eigenvalue weighted by atomic mass is 16.5. The minimum atomic E-state index is -0.380. The van der Waals surface area contributed by atoms with Gasteiger partial charge in [-0.3, -0.25) is 19.4 Å². The van der Waals surface area contributed by atoms with Crippen LogP contribution in [0.25, 0.3) is 16.7 Å². The number of nitrogens with zero attached hydrogens (tertiary/aromatic N) is 3. The van der Waals surface area contributed by atoms with E-state index < -0.39 is 0 Å². The Labute approximate surface area is 197 Å². The number of pyridine rings is 2. The topological polar surface area (TPSA) is 101 Å². The molecule has 0 radical (unpaired) electrons. The number of benzene rings is 1. The first-order valence-corrected chi connectivity index (χ1v) is 11.5. The molecule has 2 N–H and O–H groups in total. The number of rotatable bonds is 9. The van der Waals surface area contributed by atoms with Crippen LogP contribution in [-0.2, 0) is 17.7 Å². The van der Waals surface area contributed by atoms with Gasteiger partial charge in [0.25, 0.3) is 11.5 Å². The molecule has 0 unspecified atom stereocenters. The zero-order valence-electron chi connectivity index (χ0n) is 19.5. The summed E-state index contributed by atoms with van der Waals surface area (Å²) in [6, 6.07) is 15.1. The first kappa shape index (κ1) is 23.4. The fourth-order valence-corrected chi connectivity index (χ4v) is 4.02. The molecule has 4 rings (SSSR count). The number of ether oxygens (including phenoxy) is 1. The number of aromatic nitrogens is 3. The summed E-state index contributed by atoms with van der Waals surface area (Å²) in [5, 5.41) is 12.0. The zero-order valence-corrected chi connectivity index (χ0v) is 19.5. The highest BCUT2D eigenvalue weighted by Crippen LogP contribution is 2.13. The lowest BCUT2D eigenvalue weighted by Crippen LogP contribution is -2.36. The molecule has 3 aromatic heterocycles. The molecule has 0 aliphatic carbocycles. The Morgan fingerprint density at radius 2 is 1.94 bits per heavy atom. The van der Waals surface area contributed by atoms with Crippen LogP contribution in [0, 0.1) is 12.3 Å². The van der Waals surface area contributed by atoms with Crippen molar-refractivity contribution in [3.8, 4) is 0 Å². The summed E-state index contributed by atoms with van der Waals surface area (Å²) in [6.07, 6.45) is 2.98. The van der Waals surface area contributed by atoms with Crippen LogP contribution >= 0.6 is 0 Å². The third kappa shape index (κ3) is 4.77. The molecule has 0 saturated carbocycles. The summed E-state index contributed by atoms with van der Waals surface area (Å²) in [5.74, 6) is -0.380. The van der Waals surface area contributed by atoms with Crippen LogP contribution in [0.15, 0.2) is 59.5 Å². The summed E-state index contributed by atoms with van der Waals surface area (Å²) in [7, 11) is 0. The number of aryl methyl sites for hydroxylation is 2. The molecule has 0 spiro atoms. The van der Waals surface area contributed by atoms with Crippen molar-refractivity contribution in [1.29, 1.82) is 5.41 Å². The Morgan fingerprint density at radius 1 is 1.15 bits per heavy atom. The molecule has 3 heterocycles. The lowest BCUT2D eigenvalue weighted by atomic mass is 10.1. The molecule has 0 fully saturated rings. The standard InChI is InChI=1S/C26H29N5O3/c1-3-34-16-8-15-30-22(27)20(25(32)28-13-12-19-10-5-4-6-11-19)17-21-24(30)29-23-18(2)9-7-14-31(23)26(21)33/h4-7,9-11,14,17,27H,3,8,12-13,15-16H2,1-2H3,(H,28,32). The first-order chi connectivity index (χ1) is 16.5. The molecule has 8 heteroatoms. The van der Waals surface area contributed by atoms with Crippen LogP contribution in [0.1, 0.15) is 34.8 Å². The Balaban J connectivity index is 1.75. The van der Waals surface area contributed by atoms with Crippen molar-refractivity contribution < 1.29 is 9.53 Å². The quantitative estimate of drug-likeness (QED) is 0.297. The second-order valence-corrected chi connectivity index (χ2v) is 8.14. The van der Waals surface area contributed by atoms with Crippen molar-refractivity contribution in [2.24, 2.45) is 0 Å². The Hall–Kier alpha value is -3.78. The molecule has 34 heavy (non-hydrogen) atoms. The molecule has 176 valence electrons. The van der Waals surface area contributed by atoms with Crippen molar-refractivity contribution >= 4 is 22.6 Å². The van der Waals surface area contributed by atoms with Gasteiger partial charge in [0.2, 0.25) is 0 Å². The summed E-state index contributed by atoms with van der Waals surface area (Å²) >= 11 is 0. The van der Waals surface area contributed by atoms with Crippen LogP contribution in [0.2, 0.25) is 0 Å². The molecule has 1 amide bonds. The molecular formula is C26H29N5O3. The number of fused-ring (bicyclic) bond motifs is 2. The van der Waals surface area contributed by atoms with Gasteiger partial charge in [-0.2, -0.15) is 0 Å². The van der Waals surface area contributed by atoms with Gasteiger partial charge >= 0.3 is 0 Å². The van der Waals surface area contributed by atoms with Crippen molar-refractivity contribution in [2.45, 2.75) is 33.2 Å². The van der Waals surface area contributed by atoms with E-state index in [2.05, 4.69) is 5.32 Å².